The zero-order valence-electron chi connectivity index (χ0n) is 15.6. The summed E-state index contributed by atoms with van der Waals surface area (Å²) in [5.74, 6) is 0.0794. The molecule has 0 radical (unpaired) electrons. The van der Waals surface area contributed by atoms with E-state index in [9.17, 15) is 4.79 Å². The molecule has 0 aromatic heterocycles. The lowest BCUT2D eigenvalue weighted by Gasteiger charge is -2.32. The molecular formula is C23H28N2O. The fourth-order valence-corrected chi connectivity index (χ4v) is 4.24. The Morgan fingerprint density at radius 3 is 2.65 bits per heavy atom. The number of hydrogen-bond donors (Lipinski definition) is 1. The Morgan fingerprint density at radius 2 is 1.85 bits per heavy atom. The standard InChI is InChI=1S/C23H28N2O/c1-2-3-12-25-13-10-20(11-14-25)24-23(26)18-8-9-22-19(16-18)15-17-6-4-5-7-21(17)22/h4-9,16,20H,2-3,10-15H2,1H3,(H,24,26). The number of nitrogens with zero attached hydrogens (tertiary/aromatic N) is 1. The Morgan fingerprint density at radius 1 is 1.08 bits per heavy atom. The van der Waals surface area contributed by atoms with Gasteiger partial charge in [-0.2, -0.15) is 0 Å². The third kappa shape index (κ3) is 3.54. The third-order valence-electron chi connectivity index (χ3n) is 5.81. The number of piperidine rings is 1. The first-order valence-electron chi connectivity index (χ1n) is 9.99. The first kappa shape index (κ1) is 17.3. The smallest absolute Gasteiger partial charge is 0.251 e. The van der Waals surface area contributed by atoms with Crippen molar-refractivity contribution >= 4 is 5.91 Å². The van der Waals surface area contributed by atoms with Crippen molar-refractivity contribution in [1.82, 2.24) is 10.2 Å². The quantitative estimate of drug-likeness (QED) is 0.747. The van der Waals surface area contributed by atoms with E-state index in [2.05, 4.69) is 53.5 Å². The van der Waals surface area contributed by atoms with Gasteiger partial charge < -0.3 is 10.2 Å². The maximum atomic E-state index is 12.7. The van der Waals surface area contributed by atoms with E-state index in [4.69, 9.17) is 0 Å². The van der Waals surface area contributed by atoms with Gasteiger partial charge in [-0.15, -0.1) is 0 Å². The molecule has 2 aromatic rings. The van der Waals surface area contributed by atoms with Crippen molar-refractivity contribution in [2.24, 2.45) is 0 Å². The minimum absolute atomic E-state index is 0.0794. The van der Waals surface area contributed by atoms with E-state index >= 15 is 0 Å². The van der Waals surface area contributed by atoms with Crippen LogP contribution in [0.5, 0.6) is 0 Å². The molecule has 0 atom stereocenters. The molecule has 1 saturated heterocycles. The average molecular weight is 348 g/mol. The lowest BCUT2D eigenvalue weighted by atomic mass is 10.0. The van der Waals surface area contributed by atoms with Crippen LogP contribution < -0.4 is 5.32 Å². The van der Waals surface area contributed by atoms with Gasteiger partial charge in [0, 0.05) is 24.7 Å². The minimum Gasteiger partial charge on any atom is -0.349 e. The lowest BCUT2D eigenvalue weighted by molar-refractivity contribution is 0.0910. The van der Waals surface area contributed by atoms with Gasteiger partial charge in [0.05, 0.1) is 0 Å². The van der Waals surface area contributed by atoms with Gasteiger partial charge in [-0.05, 0) is 66.6 Å². The summed E-state index contributed by atoms with van der Waals surface area (Å²) in [7, 11) is 0. The topological polar surface area (TPSA) is 32.3 Å². The molecule has 0 unspecified atom stereocenters. The van der Waals surface area contributed by atoms with Crippen LogP contribution in [-0.2, 0) is 6.42 Å². The van der Waals surface area contributed by atoms with Crippen LogP contribution in [-0.4, -0.2) is 36.5 Å². The minimum atomic E-state index is 0.0794. The number of carbonyl (C=O) groups is 1. The number of benzene rings is 2. The summed E-state index contributed by atoms with van der Waals surface area (Å²) in [6, 6.07) is 15.0. The second-order valence-electron chi connectivity index (χ2n) is 7.65. The number of fused-ring (bicyclic) bond motifs is 3. The van der Waals surface area contributed by atoms with Gasteiger partial charge in [-0.1, -0.05) is 43.7 Å². The molecule has 1 fully saturated rings. The molecule has 0 spiro atoms. The molecule has 1 aliphatic carbocycles. The van der Waals surface area contributed by atoms with E-state index < -0.39 is 0 Å². The first-order chi connectivity index (χ1) is 12.7. The Bertz CT molecular complexity index is 791. The van der Waals surface area contributed by atoms with Crippen molar-refractivity contribution < 1.29 is 4.79 Å². The molecule has 3 heteroatoms. The van der Waals surface area contributed by atoms with Crippen LogP contribution in [0, 0.1) is 0 Å². The van der Waals surface area contributed by atoms with Gasteiger partial charge in [-0.25, -0.2) is 0 Å². The summed E-state index contributed by atoms with van der Waals surface area (Å²) in [5, 5.41) is 3.26. The van der Waals surface area contributed by atoms with Crippen LogP contribution in [0.15, 0.2) is 42.5 Å². The van der Waals surface area contributed by atoms with Gasteiger partial charge in [0.25, 0.3) is 5.91 Å². The van der Waals surface area contributed by atoms with E-state index in [0.29, 0.717) is 6.04 Å². The van der Waals surface area contributed by atoms with Crippen molar-refractivity contribution in [1.29, 1.82) is 0 Å². The summed E-state index contributed by atoms with van der Waals surface area (Å²) < 4.78 is 0. The van der Waals surface area contributed by atoms with E-state index in [1.165, 1.54) is 41.6 Å². The molecule has 26 heavy (non-hydrogen) atoms. The van der Waals surface area contributed by atoms with Crippen molar-refractivity contribution in [3.8, 4) is 11.1 Å². The van der Waals surface area contributed by atoms with Crippen LogP contribution in [0.1, 0.15) is 54.1 Å². The maximum absolute atomic E-state index is 12.7. The molecule has 1 amide bonds. The highest BCUT2D eigenvalue weighted by molar-refractivity contribution is 5.96. The molecule has 1 N–H and O–H groups in total. The molecule has 3 nitrogen and oxygen atoms in total. The number of hydrogen-bond acceptors (Lipinski definition) is 2. The largest absolute Gasteiger partial charge is 0.349 e. The summed E-state index contributed by atoms with van der Waals surface area (Å²) in [6.45, 7) is 5.64. The second kappa shape index (κ2) is 7.63. The lowest BCUT2D eigenvalue weighted by Crippen LogP contribution is -2.44. The fourth-order valence-electron chi connectivity index (χ4n) is 4.24. The maximum Gasteiger partial charge on any atom is 0.251 e. The van der Waals surface area contributed by atoms with Gasteiger partial charge >= 0.3 is 0 Å². The Hall–Kier alpha value is -2.13. The van der Waals surface area contributed by atoms with E-state index in [1.54, 1.807) is 0 Å². The summed E-state index contributed by atoms with van der Waals surface area (Å²) in [6.07, 6.45) is 5.58. The number of amides is 1. The molecular weight excluding hydrogens is 320 g/mol. The second-order valence-corrected chi connectivity index (χ2v) is 7.65. The Kier molecular flexibility index (Phi) is 5.07. The molecule has 2 aliphatic rings. The van der Waals surface area contributed by atoms with Crippen molar-refractivity contribution in [3.63, 3.8) is 0 Å². The number of rotatable bonds is 5. The third-order valence-corrected chi connectivity index (χ3v) is 5.81. The number of likely N-dealkylation sites (tertiary alicyclic amines) is 1. The predicted octanol–water partition coefficient (Wildman–Crippen LogP) is 4.25. The van der Waals surface area contributed by atoms with Gasteiger partial charge in [-0.3, -0.25) is 4.79 Å². The molecule has 2 aromatic carbocycles. The van der Waals surface area contributed by atoms with Gasteiger partial charge in [0.15, 0.2) is 0 Å². The highest BCUT2D eigenvalue weighted by atomic mass is 16.1. The number of unbranched alkanes of at least 4 members (excludes halogenated alkanes) is 1. The van der Waals surface area contributed by atoms with E-state index in [1.807, 2.05) is 6.07 Å². The van der Waals surface area contributed by atoms with Crippen LogP contribution in [0.3, 0.4) is 0 Å². The highest BCUT2D eigenvalue weighted by Crippen LogP contribution is 2.36. The van der Waals surface area contributed by atoms with Gasteiger partial charge in [0.2, 0.25) is 0 Å². The zero-order valence-corrected chi connectivity index (χ0v) is 15.6. The molecule has 0 bridgehead atoms. The number of nitrogens with one attached hydrogen (secondary N) is 1. The SMILES string of the molecule is CCCCN1CCC(NC(=O)c2ccc3c(c2)Cc2ccccc2-3)CC1. The summed E-state index contributed by atoms with van der Waals surface area (Å²) >= 11 is 0. The Balaban J connectivity index is 1.37. The molecule has 136 valence electrons. The van der Waals surface area contributed by atoms with Gasteiger partial charge in [0.1, 0.15) is 0 Å². The Labute approximate surface area is 156 Å². The van der Waals surface area contributed by atoms with E-state index in [0.717, 1.165) is 37.9 Å². The van der Waals surface area contributed by atoms with Crippen LogP contribution >= 0.6 is 0 Å². The molecule has 1 aliphatic heterocycles. The monoisotopic (exact) mass is 348 g/mol. The van der Waals surface area contributed by atoms with Crippen LogP contribution in [0.2, 0.25) is 0 Å². The molecule has 0 saturated carbocycles. The summed E-state index contributed by atoms with van der Waals surface area (Å²) in [5.41, 5.74) is 6.02. The summed E-state index contributed by atoms with van der Waals surface area (Å²) in [4.78, 5) is 15.2. The van der Waals surface area contributed by atoms with Crippen molar-refractivity contribution in [2.75, 3.05) is 19.6 Å². The normalized spacial score (nSPS) is 17.0. The highest BCUT2D eigenvalue weighted by Gasteiger charge is 2.23. The first-order valence-corrected chi connectivity index (χ1v) is 9.99. The van der Waals surface area contributed by atoms with Crippen molar-refractivity contribution in [2.45, 2.75) is 45.1 Å². The van der Waals surface area contributed by atoms with Crippen molar-refractivity contribution in [3.05, 3.63) is 59.2 Å². The van der Waals surface area contributed by atoms with Crippen LogP contribution in [0.25, 0.3) is 11.1 Å². The van der Waals surface area contributed by atoms with E-state index in [-0.39, 0.29) is 5.91 Å². The van der Waals surface area contributed by atoms with Crippen LogP contribution in [0.4, 0.5) is 0 Å². The fraction of sp³-hybridized carbons (Fsp3) is 0.435. The molecule has 1 heterocycles. The predicted molar refractivity (Wildman–Crippen MR) is 107 cm³/mol. The average Bonchev–Trinajstić information content (AvgIpc) is 3.05. The number of carbonyl (C=O) groups excluding carboxylic acids is 1. The molecule has 4 rings (SSSR count). The zero-order chi connectivity index (χ0) is 17.9.